The number of fused-ring (bicyclic) bond motifs is 1. The van der Waals surface area contributed by atoms with Crippen LogP contribution in [0.2, 0.25) is 0 Å². The Kier molecular flexibility index (Phi) is 3.72. The van der Waals surface area contributed by atoms with Gasteiger partial charge in [0.1, 0.15) is 15.4 Å². The van der Waals surface area contributed by atoms with Crippen LogP contribution >= 0.6 is 11.3 Å². The van der Waals surface area contributed by atoms with Gasteiger partial charge in [-0.1, -0.05) is 0 Å². The van der Waals surface area contributed by atoms with Gasteiger partial charge in [-0.15, -0.1) is 11.3 Å². The van der Waals surface area contributed by atoms with E-state index in [1.54, 1.807) is 16.8 Å². The molecule has 0 aliphatic carbocycles. The van der Waals surface area contributed by atoms with Crippen molar-refractivity contribution in [3.8, 4) is 0 Å². The second-order valence-electron chi connectivity index (χ2n) is 4.14. The molecule has 1 aromatic carbocycles. The lowest BCUT2D eigenvalue weighted by Crippen LogP contribution is -2.10. The summed E-state index contributed by atoms with van der Waals surface area (Å²) in [5.74, 6) is 0.179. The van der Waals surface area contributed by atoms with E-state index in [9.17, 15) is 8.42 Å². The fourth-order valence-electron chi connectivity index (χ4n) is 1.66. The van der Waals surface area contributed by atoms with Gasteiger partial charge in [0.2, 0.25) is 0 Å². The van der Waals surface area contributed by atoms with Gasteiger partial charge < -0.3 is 11.1 Å². The van der Waals surface area contributed by atoms with Crippen LogP contribution in [-0.4, -0.2) is 32.0 Å². The Labute approximate surface area is 110 Å². The molecule has 1 aromatic heterocycles. The van der Waals surface area contributed by atoms with Gasteiger partial charge in [0.25, 0.3) is 0 Å². The summed E-state index contributed by atoms with van der Waals surface area (Å²) in [4.78, 5) is 4.20. The lowest BCUT2D eigenvalue weighted by Gasteiger charge is -2.09. The SMILES string of the molecule is CS(=O)(=O)CCCNc1ccc2scnc2c1N. The summed E-state index contributed by atoms with van der Waals surface area (Å²) >= 11 is 1.54. The minimum absolute atomic E-state index is 0.179. The molecule has 0 saturated carbocycles. The molecule has 0 aliphatic rings. The maximum Gasteiger partial charge on any atom is 0.147 e. The van der Waals surface area contributed by atoms with Crippen LogP contribution in [-0.2, 0) is 9.84 Å². The number of aromatic nitrogens is 1. The van der Waals surface area contributed by atoms with Crippen molar-refractivity contribution in [1.29, 1.82) is 0 Å². The zero-order valence-corrected chi connectivity index (χ0v) is 11.6. The first-order valence-electron chi connectivity index (χ1n) is 5.50. The third-order valence-corrected chi connectivity index (χ3v) is 4.37. The fraction of sp³-hybridized carbons (Fsp3) is 0.364. The number of rotatable bonds is 5. The van der Waals surface area contributed by atoms with Gasteiger partial charge in [0.15, 0.2) is 0 Å². The molecule has 1 heterocycles. The highest BCUT2D eigenvalue weighted by Gasteiger charge is 2.07. The van der Waals surface area contributed by atoms with E-state index in [1.807, 2.05) is 12.1 Å². The molecule has 7 heteroatoms. The number of anilines is 2. The summed E-state index contributed by atoms with van der Waals surface area (Å²) in [5, 5.41) is 3.14. The summed E-state index contributed by atoms with van der Waals surface area (Å²) in [6.45, 7) is 0.576. The third-order valence-electron chi connectivity index (χ3n) is 2.55. The average molecular weight is 285 g/mol. The van der Waals surface area contributed by atoms with Crippen LogP contribution in [0.15, 0.2) is 17.6 Å². The van der Waals surface area contributed by atoms with Crippen molar-refractivity contribution in [3.63, 3.8) is 0 Å². The molecule has 98 valence electrons. The number of nitrogens with one attached hydrogen (secondary N) is 1. The van der Waals surface area contributed by atoms with Gasteiger partial charge in [-0.05, 0) is 18.6 Å². The van der Waals surface area contributed by atoms with E-state index in [1.165, 1.54) is 6.26 Å². The highest BCUT2D eigenvalue weighted by molar-refractivity contribution is 7.90. The quantitative estimate of drug-likeness (QED) is 0.645. The highest BCUT2D eigenvalue weighted by atomic mass is 32.2. The van der Waals surface area contributed by atoms with Gasteiger partial charge in [0, 0.05) is 12.8 Å². The number of benzene rings is 1. The van der Waals surface area contributed by atoms with E-state index < -0.39 is 9.84 Å². The van der Waals surface area contributed by atoms with Crippen molar-refractivity contribution in [2.24, 2.45) is 0 Å². The van der Waals surface area contributed by atoms with Gasteiger partial charge in [-0.25, -0.2) is 13.4 Å². The largest absolute Gasteiger partial charge is 0.395 e. The Morgan fingerprint density at radius 2 is 2.22 bits per heavy atom. The molecule has 0 saturated heterocycles. The van der Waals surface area contributed by atoms with Gasteiger partial charge in [-0.2, -0.15) is 0 Å². The number of hydrogen-bond donors (Lipinski definition) is 2. The topological polar surface area (TPSA) is 85.1 Å². The Morgan fingerprint density at radius 3 is 2.94 bits per heavy atom. The summed E-state index contributed by atoms with van der Waals surface area (Å²) in [7, 11) is -2.90. The maximum absolute atomic E-state index is 11.0. The average Bonchev–Trinajstić information content (AvgIpc) is 2.74. The molecular formula is C11H15N3O2S2. The third kappa shape index (κ3) is 3.11. The van der Waals surface area contributed by atoms with Crippen LogP contribution in [0.25, 0.3) is 10.2 Å². The smallest absolute Gasteiger partial charge is 0.147 e. The molecule has 0 amide bonds. The zero-order valence-electron chi connectivity index (χ0n) is 10.0. The standard InChI is InChI=1S/C11H15N3O2S2/c1-18(15,16)6-2-5-13-8-3-4-9-11(10(8)12)14-7-17-9/h3-4,7,13H,2,5-6,12H2,1H3. The number of hydrogen-bond acceptors (Lipinski definition) is 6. The number of nitrogen functional groups attached to an aromatic ring is 1. The van der Waals surface area contributed by atoms with Crippen LogP contribution < -0.4 is 11.1 Å². The lowest BCUT2D eigenvalue weighted by atomic mass is 10.2. The van der Waals surface area contributed by atoms with E-state index >= 15 is 0 Å². The van der Waals surface area contributed by atoms with Crippen LogP contribution in [0.1, 0.15) is 6.42 Å². The van der Waals surface area contributed by atoms with Crippen molar-refractivity contribution < 1.29 is 8.42 Å². The van der Waals surface area contributed by atoms with Crippen molar-refractivity contribution in [3.05, 3.63) is 17.6 Å². The molecule has 2 aromatic rings. The van der Waals surface area contributed by atoms with E-state index in [0.29, 0.717) is 18.7 Å². The van der Waals surface area contributed by atoms with E-state index in [2.05, 4.69) is 10.3 Å². The van der Waals surface area contributed by atoms with Crippen molar-refractivity contribution in [1.82, 2.24) is 4.98 Å². The first-order chi connectivity index (χ1) is 8.47. The molecule has 0 radical (unpaired) electrons. The Bertz CT molecular complexity index is 649. The first kappa shape index (κ1) is 13.1. The second-order valence-corrected chi connectivity index (χ2v) is 7.28. The predicted octanol–water partition coefficient (Wildman–Crippen LogP) is 1.73. The Morgan fingerprint density at radius 1 is 1.44 bits per heavy atom. The number of sulfone groups is 1. The normalized spacial score (nSPS) is 11.8. The summed E-state index contributed by atoms with van der Waals surface area (Å²) in [5.41, 5.74) is 9.98. The van der Waals surface area contributed by atoms with Crippen molar-refractivity contribution in [2.45, 2.75) is 6.42 Å². The molecule has 18 heavy (non-hydrogen) atoms. The minimum atomic E-state index is -2.90. The van der Waals surface area contributed by atoms with Crippen LogP contribution in [0, 0.1) is 0 Å². The summed E-state index contributed by atoms with van der Waals surface area (Å²) < 4.78 is 23.0. The molecule has 3 N–H and O–H groups in total. The van der Waals surface area contributed by atoms with Crippen LogP contribution in [0.3, 0.4) is 0 Å². The molecule has 0 fully saturated rings. The number of nitrogens with zero attached hydrogens (tertiary/aromatic N) is 1. The van der Waals surface area contributed by atoms with E-state index in [0.717, 1.165) is 15.9 Å². The van der Waals surface area contributed by atoms with Crippen molar-refractivity contribution in [2.75, 3.05) is 29.6 Å². The minimum Gasteiger partial charge on any atom is -0.395 e. The highest BCUT2D eigenvalue weighted by Crippen LogP contribution is 2.29. The molecule has 2 rings (SSSR count). The molecule has 0 unspecified atom stereocenters. The molecule has 0 bridgehead atoms. The van der Waals surface area contributed by atoms with E-state index in [-0.39, 0.29) is 5.75 Å². The zero-order chi connectivity index (χ0) is 13.2. The summed E-state index contributed by atoms with van der Waals surface area (Å²) in [6, 6.07) is 3.86. The van der Waals surface area contributed by atoms with Gasteiger partial charge in [-0.3, -0.25) is 0 Å². The Hall–Kier alpha value is -1.34. The molecular weight excluding hydrogens is 270 g/mol. The number of nitrogens with two attached hydrogens (primary N) is 1. The van der Waals surface area contributed by atoms with Crippen LogP contribution in [0.5, 0.6) is 0 Å². The lowest BCUT2D eigenvalue weighted by molar-refractivity contribution is 0.600. The molecule has 5 nitrogen and oxygen atoms in total. The maximum atomic E-state index is 11.0. The summed E-state index contributed by atoms with van der Waals surface area (Å²) in [6.07, 6.45) is 1.80. The van der Waals surface area contributed by atoms with Crippen LogP contribution in [0.4, 0.5) is 11.4 Å². The molecule has 0 aliphatic heterocycles. The predicted molar refractivity (Wildman–Crippen MR) is 76.8 cm³/mol. The molecule has 0 atom stereocenters. The fourth-order valence-corrected chi connectivity index (χ4v) is 3.02. The second kappa shape index (κ2) is 5.11. The van der Waals surface area contributed by atoms with Crippen molar-refractivity contribution >= 4 is 42.8 Å². The first-order valence-corrected chi connectivity index (χ1v) is 8.44. The van der Waals surface area contributed by atoms with E-state index in [4.69, 9.17) is 5.73 Å². The molecule has 0 spiro atoms. The van der Waals surface area contributed by atoms with Gasteiger partial charge in [0.05, 0.1) is 27.3 Å². The Balaban J connectivity index is 2.01. The number of thiazole rings is 1. The van der Waals surface area contributed by atoms with Gasteiger partial charge >= 0.3 is 0 Å². The monoisotopic (exact) mass is 285 g/mol.